The van der Waals surface area contributed by atoms with E-state index in [-0.39, 0.29) is 12.1 Å². The molecule has 1 rings (SSSR count). The summed E-state index contributed by atoms with van der Waals surface area (Å²) in [7, 11) is 0. The topological polar surface area (TPSA) is 65.5 Å². The third-order valence-electron chi connectivity index (χ3n) is 2.89. The van der Waals surface area contributed by atoms with Crippen molar-refractivity contribution in [3.63, 3.8) is 0 Å². The quantitative estimate of drug-likeness (QED) is 0.849. The third kappa shape index (κ3) is 5.09. The van der Waals surface area contributed by atoms with Crippen LogP contribution in [0.2, 0.25) is 0 Å². The number of nitrogens with one attached hydrogen (secondary N) is 1. The highest BCUT2D eigenvalue weighted by Gasteiger charge is 2.24. The number of carbonyl (C=O) groups is 1. The second-order valence-electron chi connectivity index (χ2n) is 5.56. The van der Waals surface area contributed by atoms with E-state index >= 15 is 0 Å². The first-order valence-electron chi connectivity index (χ1n) is 6.96. The first-order valence-corrected chi connectivity index (χ1v) is 7.84. The summed E-state index contributed by atoms with van der Waals surface area (Å²) in [4.78, 5) is 18.3. The Morgan fingerprint density at radius 1 is 1.55 bits per heavy atom. The maximum absolute atomic E-state index is 12.3. The van der Waals surface area contributed by atoms with Crippen molar-refractivity contribution in [3.05, 3.63) is 16.1 Å². The Bertz CT molecular complexity index is 440. The van der Waals surface area contributed by atoms with E-state index in [1.807, 2.05) is 26.2 Å². The molecule has 0 aliphatic carbocycles. The van der Waals surface area contributed by atoms with Gasteiger partial charge in [-0.15, -0.1) is 11.3 Å². The molecular formula is C14H25N3O2S. The number of urea groups is 1. The highest BCUT2D eigenvalue weighted by Crippen LogP contribution is 2.21. The fourth-order valence-electron chi connectivity index (χ4n) is 1.91. The molecule has 1 heterocycles. The van der Waals surface area contributed by atoms with Crippen LogP contribution in [0.4, 0.5) is 4.79 Å². The van der Waals surface area contributed by atoms with E-state index in [0.717, 1.165) is 17.1 Å². The fourth-order valence-corrected chi connectivity index (χ4v) is 2.84. The molecule has 20 heavy (non-hydrogen) atoms. The van der Waals surface area contributed by atoms with Gasteiger partial charge in [0.2, 0.25) is 0 Å². The number of likely N-dealkylation sites (N-methyl/N-ethyl adjacent to an activating group) is 1. The molecule has 0 aromatic carbocycles. The smallest absolute Gasteiger partial charge is 0.318 e. The van der Waals surface area contributed by atoms with Crippen LogP contribution in [0.25, 0.3) is 0 Å². The Labute approximate surface area is 125 Å². The minimum Gasteiger partial charge on any atom is -0.389 e. The Kier molecular flexibility index (Phi) is 5.95. The lowest BCUT2D eigenvalue weighted by Gasteiger charge is -2.29. The maximum Gasteiger partial charge on any atom is 0.318 e. The summed E-state index contributed by atoms with van der Waals surface area (Å²) in [5.41, 5.74) is 0.0776. The van der Waals surface area contributed by atoms with E-state index < -0.39 is 5.60 Å². The lowest BCUT2D eigenvalue weighted by molar-refractivity contribution is 0.0475. The van der Waals surface area contributed by atoms with E-state index in [1.54, 1.807) is 30.1 Å². The van der Waals surface area contributed by atoms with Crippen molar-refractivity contribution in [2.75, 3.05) is 13.1 Å². The van der Waals surface area contributed by atoms with Gasteiger partial charge in [0.25, 0.3) is 0 Å². The molecule has 2 amide bonds. The van der Waals surface area contributed by atoms with Gasteiger partial charge in [-0.1, -0.05) is 6.92 Å². The molecule has 0 bridgehead atoms. The van der Waals surface area contributed by atoms with E-state index in [9.17, 15) is 9.90 Å². The Morgan fingerprint density at radius 3 is 2.60 bits per heavy atom. The standard InChI is InChI=1S/C14H25N3O2S/c1-6-11(12-15-10(3)8-20-12)16-13(18)17(7-2)9-14(4,5)19/h8,11,19H,6-7,9H2,1-5H3,(H,16,18). The van der Waals surface area contributed by atoms with Crippen molar-refractivity contribution in [1.82, 2.24) is 15.2 Å². The highest BCUT2D eigenvalue weighted by atomic mass is 32.1. The maximum atomic E-state index is 12.3. The number of aryl methyl sites for hydroxylation is 1. The largest absolute Gasteiger partial charge is 0.389 e. The van der Waals surface area contributed by atoms with Gasteiger partial charge in [-0.3, -0.25) is 0 Å². The lowest BCUT2D eigenvalue weighted by Crippen LogP contribution is -2.47. The van der Waals surface area contributed by atoms with Crippen molar-refractivity contribution in [3.8, 4) is 0 Å². The van der Waals surface area contributed by atoms with Crippen molar-refractivity contribution in [2.45, 2.75) is 52.7 Å². The van der Waals surface area contributed by atoms with Gasteiger partial charge in [0.1, 0.15) is 5.01 Å². The zero-order valence-electron chi connectivity index (χ0n) is 12.9. The molecule has 6 heteroatoms. The highest BCUT2D eigenvalue weighted by molar-refractivity contribution is 7.09. The van der Waals surface area contributed by atoms with Gasteiger partial charge < -0.3 is 15.3 Å². The van der Waals surface area contributed by atoms with E-state index in [4.69, 9.17) is 0 Å². The predicted octanol–water partition coefficient (Wildman–Crippen LogP) is 2.71. The molecule has 0 saturated carbocycles. The average molecular weight is 299 g/mol. The molecule has 0 aliphatic heterocycles. The van der Waals surface area contributed by atoms with Gasteiger partial charge in [0.15, 0.2) is 0 Å². The predicted molar refractivity (Wildman–Crippen MR) is 82.0 cm³/mol. The second kappa shape index (κ2) is 7.04. The molecule has 0 saturated heterocycles. The second-order valence-corrected chi connectivity index (χ2v) is 6.45. The van der Waals surface area contributed by atoms with E-state index in [0.29, 0.717) is 13.1 Å². The normalized spacial score (nSPS) is 13.1. The minimum atomic E-state index is -0.896. The number of thiazole rings is 1. The van der Waals surface area contributed by atoms with Crippen molar-refractivity contribution >= 4 is 17.4 Å². The number of carbonyl (C=O) groups excluding carboxylic acids is 1. The Morgan fingerprint density at radius 2 is 2.20 bits per heavy atom. The number of aliphatic hydroxyl groups is 1. The summed E-state index contributed by atoms with van der Waals surface area (Å²) in [5.74, 6) is 0. The molecule has 1 aromatic rings. The Hall–Kier alpha value is -1.14. The van der Waals surface area contributed by atoms with Gasteiger partial charge >= 0.3 is 6.03 Å². The van der Waals surface area contributed by atoms with Crippen LogP contribution < -0.4 is 5.32 Å². The van der Waals surface area contributed by atoms with E-state index in [1.165, 1.54) is 0 Å². The molecule has 0 aliphatic rings. The number of rotatable bonds is 6. The summed E-state index contributed by atoms with van der Waals surface area (Å²) in [6.07, 6.45) is 0.790. The lowest BCUT2D eigenvalue weighted by atomic mass is 10.1. The van der Waals surface area contributed by atoms with Gasteiger partial charge in [-0.2, -0.15) is 0 Å². The van der Waals surface area contributed by atoms with Crippen molar-refractivity contribution < 1.29 is 9.90 Å². The molecule has 5 nitrogen and oxygen atoms in total. The molecule has 0 spiro atoms. The molecule has 0 fully saturated rings. The van der Waals surface area contributed by atoms with Crippen LogP contribution in [0.15, 0.2) is 5.38 Å². The summed E-state index contributed by atoms with van der Waals surface area (Å²) >= 11 is 1.56. The molecular weight excluding hydrogens is 274 g/mol. The van der Waals surface area contributed by atoms with Gasteiger partial charge in [-0.05, 0) is 34.1 Å². The number of hydrogen-bond acceptors (Lipinski definition) is 4. The zero-order valence-corrected chi connectivity index (χ0v) is 13.8. The van der Waals surface area contributed by atoms with Crippen LogP contribution in [0, 0.1) is 6.92 Å². The first kappa shape index (κ1) is 16.9. The number of nitrogens with zero attached hydrogens (tertiary/aromatic N) is 2. The monoisotopic (exact) mass is 299 g/mol. The molecule has 114 valence electrons. The van der Waals surface area contributed by atoms with Gasteiger partial charge in [-0.25, -0.2) is 9.78 Å². The van der Waals surface area contributed by atoms with Crippen LogP contribution in [-0.4, -0.2) is 39.7 Å². The first-order chi connectivity index (χ1) is 9.26. The number of aromatic nitrogens is 1. The average Bonchev–Trinajstić information content (AvgIpc) is 2.78. The molecule has 1 atom stereocenters. The summed E-state index contributed by atoms with van der Waals surface area (Å²) in [6.45, 7) is 10.1. The summed E-state index contributed by atoms with van der Waals surface area (Å²) < 4.78 is 0. The molecule has 2 N–H and O–H groups in total. The van der Waals surface area contributed by atoms with Crippen LogP contribution in [0.3, 0.4) is 0 Å². The minimum absolute atomic E-state index is 0.0722. The SMILES string of the molecule is CCC(NC(=O)N(CC)CC(C)(C)O)c1nc(C)cs1. The zero-order chi connectivity index (χ0) is 15.3. The van der Waals surface area contributed by atoms with E-state index in [2.05, 4.69) is 10.3 Å². The van der Waals surface area contributed by atoms with Crippen LogP contribution in [-0.2, 0) is 0 Å². The van der Waals surface area contributed by atoms with Crippen molar-refractivity contribution in [2.24, 2.45) is 0 Å². The third-order valence-corrected chi connectivity index (χ3v) is 3.96. The number of hydrogen-bond donors (Lipinski definition) is 2. The van der Waals surface area contributed by atoms with Crippen LogP contribution >= 0.6 is 11.3 Å². The van der Waals surface area contributed by atoms with Crippen LogP contribution in [0.5, 0.6) is 0 Å². The van der Waals surface area contributed by atoms with Crippen LogP contribution in [0.1, 0.15) is 50.9 Å². The number of amides is 2. The summed E-state index contributed by atoms with van der Waals surface area (Å²) in [5, 5.41) is 15.8. The van der Waals surface area contributed by atoms with Gasteiger partial charge in [0, 0.05) is 17.6 Å². The summed E-state index contributed by atoms with van der Waals surface area (Å²) in [6, 6.07) is -0.230. The van der Waals surface area contributed by atoms with Gasteiger partial charge in [0.05, 0.1) is 18.2 Å². The Balaban J connectivity index is 2.71. The molecule has 1 unspecified atom stereocenters. The molecule has 0 radical (unpaired) electrons. The van der Waals surface area contributed by atoms with Crippen molar-refractivity contribution in [1.29, 1.82) is 0 Å². The molecule has 1 aromatic heterocycles. The fraction of sp³-hybridized carbons (Fsp3) is 0.714.